The first-order valence-corrected chi connectivity index (χ1v) is 6.15. The summed E-state index contributed by atoms with van der Waals surface area (Å²) < 4.78 is 16.4. The van der Waals surface area contributed by atoms with Crippen LogP contribution >= 0.6 is 31.9 Å². The second kappa shape index (κ2) is 4.69. The van der Waals surface area contributed by atoms with Crippen molar-refractivity contribution < 1.29 is 19.1 Å². The molecular weight excluding hydrogens is 362 g/mol. The molecule has 1 aromatic rings. The molecule has 8 heteroatoms. The van der Waals surface area contributed by atoms with Gasteiger partial charge in [-0.1, -0.05) is 0 Å². The Bertz CT molecular complexity index is 468. The van der Waals surface area contributed by atoms with Gasteiger partial charge in [0.1, 0.15) is 22.2 Å². The first-order chi connectivity index (χ1) is 8.07. The van der Waals surface area contributed by atoms with Crippen LogP contribution in [0.25, 0.3) is 0 Å². The Morgan fingerprint density at radius 3 is 2.35 bits per heavy atom. The van der Waals surface area contributed by atoms with E-state index in [1.54, 1.807) is 0 Å². The number of ether oxygens (including phenoxy) is 3. The fraction of sp³-hybridized carbons (Fsp3) is 0.333. The highest BCUT2D eigenvalue weighted by molar-refractivity contribution is 9.11. The van der Waals surface area contributed by atoms with Crippen LogP contribution in [-0.4, -0.2) is 25.2 Å². The first-order valence-electron chi connectivity index (χ1n) is 4.56. The fourth-order valence-electron chi connectivity index (χ4n) is 1.50. The Kier molecular flexibility index (Phi) is 3.43. The average Bonchev–Trinajstić information content (AvgIpc) is 2.29. The largest absolute Gasteiger partial charge is 0.491 e. The molecule has 6 nitrogen and oxygen atoms in total. The third-order valence-corrected chi connectivity index (χ3v) is 3.66. The zero-order valence-corrected chi connectivity index (χ0v) is 11.8. The third-order valence-electron chi connectivity index (χ3n) is 2.19. The van der Waals surface area contributed by atoms with Gasteiger partial charge in [0.25, 0.3) is 0 Å². The second-order valence-electron chi connectivity index (χ2n) is 3.12. The minimum atomic E-state index is -0.519. The SMILES string of the molecule is COc1c(Br)c([N+](=O)[O-])c(Br)c2c1OCCO2. The number of nitrogens with zero attached hydrogens (tertiary/aromatic N) is 1. The summed E-state index contributed by atoms with van der Waals surface area (Å²) in [6, 6.07) is 0. The summed E-state index contributed by atoms with van der Waals surface area (Å²) in [6.45, 7) is 0.716. The van der Waals surface area contributed by atoms with Crippen molar-refractivity contribution in [1.29, 1.82) is 0 Å². The predicted octanol–water partition coefficient (Wildman–Crippen LogP) is 2.90. The fourth-order valence-corrected chi connectivity index (χ4v) is 3.09. The molecule has 0 spiro atoms. The summed E-state index contributed by atoms with van der Waals surface area (Å²) in [7, 11) is 1.41. The molecule has 0 unspecified atom stereocenters. The number of rotatable bonds is 2. The Morgan fingerprint density at radius 1 is 1.24 bits per heavy atom. The van der Waals surface area contributed by atoms with Crippen LogP contribution in [0.4, 0.5) is 5.69 Å². The molecule has 0 amide bonds. The van der Waals surface area contributed by atoms with E-state index in [1.807, 2.05) is 0 Å². The maximum absolute atomic E-state index is 11.0. The maximum atomic E-state index is 11.0. The lowest BCUT2D eigenvalue weighted by molar-refractivity contribution is -0.386. The van der Waals surface area contributed by atoms with E-state index < -0.39 is 4.92 Å². The van der Waals surface area contributed by atoms with E-state index in [2.05, 4.69) is 31.9 Å². The van der Waals surface area contributed by atoms with Gasteiger partial charge in [0.15, 0.2) is 11.5 Å². The van der Waals surface area contributed by atoms with E-state index in [9.17, 15) is 10.1 Å². The minimum Gasteiger partial charge on any atom is -0.491 e. The van der Waals surface area contributed by atoms with Gasteiger partial charge < -0.3 is 14.2 Å². The maximum Gasteiger partial charge on any atom is 0.305 e. The van der Waals surface area contributed by atoms with Crippen LogP contribution < -0.4 is 14.2 Å². The van der Waals surface area contributed by atoms with Gasteiger partial charge in [-0.15, -0.1) is 0 Å². The Morgan fingerprint density at radius 2 is 1.82 bits per heavy atom. The second-order valence-corrected chi connectivity index (χ2v) is 4.71. The van der Waals surface area contributed by atoms with E-state index in [-0.39, 0.29) is 20.4 Å². The van der Waals surface area contributed by atoms with E-state index in [1.165, 1.54) is 7.11 Å². The Hall–Kier alpha value is -1.02. The molecule has 0 saturated carbocycles. The topological polar surface area (TPSA) is 70.8 Å². The molecule has 92 valence electrons. The smallest absolute Gasteiger partial charge is 0.305 e. The third kappa shape index (κ3) is 1.95. The van der Waals surface area contributed by atoms with Crippen molar-refractivity contribution in [3.8, 4) is 17.2 Å². The molecule has 0 saturated heterocycles. The molecule has 0 aliphatic carbocycles. The molecular formula is C9H7Br2NO5. The number of methoxy groups -OCH3 is 1. The van der Waals surface area contributed by atoms with Gasteiger partial charge >= 0.3 is 5.69 Å². The van der Waals surface area contributed by atoms with Gasteiger partial charge in [0.05, 0.1) is 12.0 Å². The Labute approximate surface area is 113 Å². The van der Waals surface area contributed by atoms with Crippen molar-refractivity contribution in [3.05, 3.63) is 19.1 Å². The van der Waals surface area contributed by atoms with Crippen LogP contribution in [0.3, 0.4) is 0 Å². The molecule has 0 aromatic heterocycles. The summed E-state index contributed by atoms with van der Waals surface area (Å²) >= 11 is 6.29. The minimum absolute atomic E-state index is 0.147. The Balaban J connectivity index is 2.76. The monoisotopic (exact) mass is 367 g/mol. The lowest BCUT2D eigenvalue weighted by Crippen LogP contribution is -2.17. The lowest BCUT2D eigenvalue weighted by Gasteiger charge is -2.22. The van der Waals surface area contributed by atoms with Crippen molar-refractivity contribution in [3.63, 3.8) is 0 Å². The normalized spacial score (nSPS) is 13.4. The van der Waals surface area contributed by atoms with Gasteiger partial charge in [-0.2, -0.15) is 0 Å². The van der Waals surface area contributed by atoms with E-state index in [4.69, 9.17) is 14.2 Å². The molecule has 2 rings (SSSR count). The molecule has 17 heavy (non-hydrogen) atoms. The van der Waals surface area contributed by atoms with Crippen LogP contribution in [0, 0.1) is 10.1 Å². The van der Waals surface area contributed by atoms with Gasteiger partial charge in [-0.3, -0.25) is 10.1 Å². The highest BCUT2D eigenvalue weighted by Gasteiger charge is 2.33. The highest BCUT2D eigenvalue weighted by Crippen LogP contribution is 2.54. The molecule has 1 aliphatic heterocycles. The van der Waals surface area contributed by atoms with Crippen LogP contribution in [0.15, 0.2) is 8.95 Å². The summed E-state index contributed by atoms with van der Waals surface area (Å²) in [5.74, 6) is 0.917. The molecule has 1 aliphatic rings. The van der Waals surface area contributed by atoms with Gasteiger partial charge in [-0.25, -0.2) is 0 Å². The average molecular weight is 369 g/mol. The standard InChI is InChI=1S/C9H7Br2NO5/c1-15-7-4(10)6(12(13)14)5(11)8-9(7)17-3-2-16-8/h2-3H2,1H3. The highest BCUT2D eigenvalue weighted by atomic mass is 79.9. The number of benzene rings is 1. The number of hydrogen-bond acceptors (Lipinski definition) is 5. The van der Waals surface area contributed by atoms with Crippen molar-refractivity contribution in [1.82, 2.24) is 0 Å². The predicted molar refractivity (Wildman–Crippen MR) is 66.0 cm³/mol. The molecule has 0 radical (unpaired) electrons. The molecule has 1 aromatic carbocycles. The van der Waals surface area contributed by atoms with Crippen molar-refractivity contribution in [2.45, 2.75) is 0 Å². The summed E-state index contributed by atoms with van der Waals surface area (Å²) in [6.07, 6.45) is 0. The van der Waals surface area contributed by atoms with Gasteiger partial charge in [0, 0.05) is 0 Å². The molecule has 0 N–H and O–H groups in total. The summed E-state index contributed by atoms with van der Waals surface area (Å²) in [5, 5.41) is 11.0. The number of hydrogen-bond donors (Lipinski definition) is 0. The molecule has 0 bridgehead atoms. The van der Waals surface area contributed by atoms with E-state index >= 15 is 0 Å². The van der Waals surface area contributed by atoms with Crippen molar-refractivity contribution in [2.24, 2.45) is 0 Å². The number of fused-ring (bicyclic) bond motifs is 1. The van der Waals surface area contributed by atoms with Crippen LogP contribution in [0.1, 0.15) is 0 Å². The van der Waals surface area contributed by atoms with Crippen molar-refractivity contribution >= 4 is 37.5 Å². The number of halogens is 2. The quantitative estimate of drug-likeness (QED) is 0.592. The molecule has 0 atom stereocenters. The zero-order valence-electron chi connectivity index (χ0n) is 8.66. The molecule has 1 heterocycles. The summed E-state index contributed by atoms with van der Waals surface area (Å²) in [4.78, 5) is 10.5. The van der Waals surface area contributed by atoms with E-state index in [0.717, 1.165) is 0 Å². The molecule has 0 fully saturated rings. The zero-order chi connectivity index (χ0) is 12.6. The number of nitro groups is 1. The number of nitro benzene ring substituents is 1. The lowest BCUT2D eigenvalue weighted by atomic mass is 10.2. The van der Waals surface area contributed by atoms with Gasteiger partial charge in [-0.05, 0) is 31.9 Å². The first kappa shape index (κ1) is 12.4. The van der Waals surface area contributed by atoms with Crippen molar-refractivity contribution in [2.75, 3.05) is 20.3 Å². The van der Waals surface area contributed by atoms with Gasteiger partial charge in [0.2, 0.25) is 5.75 Å². The van der Waals surface area contributed by atoms with E-state index in [0.29, 0.717) is 24.7 Å². The van der Waals surface area contributed by atoms with Crippen LogP contribution in [-0.2, 0) is 0 Å². The van der Waals surface area contributed by atoms with Crippen LogP contribution in [0.2, 0.25) is 0 Å². The van der Waals surface area contributed by atoms with Crippen LogP contribution in [0.5, 0.6) is 17.2 Å². The summed E-state index contributed by atoms with van der Waals surface area (Å²) in [5.41, 5.74) is -0.147.